The molecule has 4 amide bonds. The van der Waals surface area contributed by atoms with Crippen LogP contribution in [-0.4, -0.2) is 102 Å². The van der Waals surface area contributed by atoms with Crippen molar-refractivity contribution in [1.82, 2.24) is 14.5 Å². The topological polar surface area (TPSA) is 170 Å². The molecule has 2 N–H and O–H groups in total. The molecule has 230 valence electrons. The van der Waals surface area contributed by atoms with E-state index in [-0.39, 0.29) is 67.0 Å². The number of methoxy groups -OCH3 is 3. The molecule has 2 aromatic rings. The Hall–Kier alpha value is -3.57. The number of anilines is 1. The second kappa shape index (κ2) is 15.1. The SMILES string of the molecule is CCOC(=O)N1CCc2c(sc(NC(=O)c3ccc(S(=O)(=O)N(CCOC)CCOC)cc3)c2C(=O)NC(=O)OC)C1. The molecule has 0 saturated carbocycles. The van der Waals surface area contributed by atoms with E-state index in [2.05, 4.69) is 15.4 Å². The largest absolute Gasteiger partial charge is 0.453 e. The van der Waals surface area contributed by atoms with Crippen molar-refractivity contribution in [3.05, 3.63) is 45.8 Å². The lowest BCUT2D eigenvalue weighted by Crippen LogP contribution is -2.37. The Morgan fingerprint density at radius 3 is 2.21 bits per heavy atom. The molecule has 0 atom stereocenters. The number of rotatable bonds is 12. The summed E-state index contributed by atoms with van der Waals surface area (Å²) in [7, 11) is 0.165. The Balaban J connectivity index is 1.87. The van der Waals surface area contributed by atoms with Gasteiger partial charge >= 0.3 is 12.2 Å². The highest BCUT2D eigenvalue weighted by molar-refractivity contribution is 7.89. The van der Waals surface area contributed by atoms with Crippen LogP contribution in [0.25, 0.3) is 0 Å². The molecule has 3 rings (SSSR count). The van der Waals surface area contributed by atoms with Gasteiger partial charge in [-0.25, -0.2) is 18.0 Å². The number of nitrogens with zero attached hydrogens (tertiary/aromatic N) is 2. The zero-order valence-corrected chi connectivity index (χ0v) is 25.4. The zero-order valence-electron chi connectivity index (χ0n) is 23.8. The third-order valence-corrected chi connectivity index (χ3v) is 9.33. The lowest BCUT2D eigenvalue weighted by molar-refractivity contribution is 0.0936. The monoisotopic (exact) mass is 626 g/mol. The number of imide groups is 1. The van der Waals surface area contributed by atoms with Gasteiger partial charge in [0, 0.05) is 44.3 Å². The molecule has 0 aliphatic carbocycles. The average molecular weight is 627 g/mol. The van der Waals surface area contributed by atoms with Crippen LogP contribution in [-0.2, 0) is 41.9 Å². The second-order valence-electron chi connectivity index (χ2n) is 8.89. The highest BCUT2D eigenvalue weighted by atomic mass is 32.2. The molecule has 42 heavy (non-hydrogen) atoms. The van der Waals surface area contributed by atoms with Crippen molar-refractivity contribution in [1.29, 1.82) is 0 Å². The van der Waals surface area contributed by atoms with E-state index in [9.17, 15) is 27.6 Å². The van der Waals surface area contributed by atoms with Crippen LogP contribution in [0.2, 0.25) is 0 Å². The molecule has 0 radical (unpaired) electrons. The summed E-state index contributed by atoms with van der Waals surface area (Å²) in [4.78, 5) is 52.4. The minimum absolute atomic E-state index is 0.0185. The van der Waals surface area contributed by atoms with E-state index < -0.39 is 34.0 Å². The first-order valence-electron chi connectivity index (χ1n) is 12.9. The van der Waals surface area contributed by atoms with Crippen LogP contribution >= 0.6 is 11.3 Å². The number of ether oxygens (including phenoxy) is 4. The van der Waals surface area contributed by atoms with Crippen LogP contribution in [0.4, 0.5) is 14.6 Å². The Morgan fingerprint density at radius 2 is 1.64 bits per heavy atom. The molecule has 1 aromatic heterocycles. The maximum Gasteiger partial charge on any atom is 0.413 e. The van der Waals surface area contributed by atoms with Gasteiger partial charge in [-0.05, 0) is 43.2 Å². The second-order valence-corrected chi connectivity index (χ2v) is 11.9. The van der Waals surface area contributed by atoms with Crippen molar-refractivity contribution in [3.63, 3.8) is 0 Å². The first kappa shape index (κ1) is 32.9. The van der Waals surface area contributed by atoms with Crippen molar-refractivity contribution in [2.75, 3.05) is 66.1 Å². The highest BCUT2D eigenvalue weighted by Gasteiger charge is 2.32. The normalized spacial score (nSPS) is 12.9. The number of alkyl carbamates (subject to hydrolysis) is 1. The van der Waals surface area contributed by atoms with E-state index in [1.165, 1.54) is 47.7 Å². The van der Waals surface area contributed by atoms with Gasteiger partial charge in [-0.3, -0.25) is 14.9 Å². The van der Waals surface area contributed by atoms with Crippen LogP contribution < -0.4 is 10.6 Å². The highest BCUT2D eigenvalue weighted by Crippen LogP contribution is 2.37. The van der Waals surface area contributed by atoms with E-state index in [0.717, 1.165) is 18.4 Å². The van der Waals surface area contributed by atoms with E-state index in [4.69, 9.17) is 14.2 Å². The summed E-state index contributed by atoms with van der Waals surface area (Å²) in [5.74, 6) is -1.38. The fraction of sp³-hybridized carbons (Fsp3) is 0.462. The van der Waals surface area contributed by atoms with Crippen LogP contribution in [0.3, 0.4) is 0 Å². The van der Waals surface area contributed by atoms with E-state index in [1.54, 1.807) is 6.92 Å². The number of thiophene rings is 1. The van der Waals surface area contributed by atoms with Gasteiger partial charge in [-0.15, -0.1) is 11.3 Å². The first-order chi connectivity index (χ1) is 20.1. The minimum atomic E-state index is -3.89. The Kier molecular flexibility index (Phi) is 11.8. The van der Waals surface area contributed by atoms with Gasteiger partial charge < -0.3 is 29.2 Å². The number of nitrogens with one attached hydrogen (secondary N) is 2. The number of sulfonamides is 1. The summed E-state index contributed by atoms with van der Waals surface area (Å²) in [6.07, 6.45) is -1.18. The van der Waals surface area contributed by atoms with Crippen LogP contribution in [0.5, 0.6) is 0 Å². The molecular formula is C26H34N4O10S2. The van der Waals surface area contributed by atoms with Crippen LogP contribution in [0, 0.1) is 0 Å². The Labute approximate surface area is 247 Å². The molecule has 0 unspecified atom stereocenters. The maximum atomic E-state index is 13.2. The Morgan fingerprint density at radius 1 is 1.00 bits per heavy atom. The number of fused-ring (bicyclic) bond motifs is 1. The number of hydrogen-bond donors (Lipinski definition) is 2. The summed E-state index contributed by atoms with van der Waals surface area (Å²) >= 11 is 1.09. The molecule has 0 fully saturated rings. The zero-order chi connectivity index (χ0) is 30.9. The predicted molar refractivity (Wildman–Crippen MR) is 152 cm³/mol. The molecule has 1 aliphatic rings. The summed E-state index contributed by atoms with van der Waals surface area (Å²) in [6.45, 7) is 2.96. The number of carbonyl (C=O) groups excluding carboxylic acids is 4. The molecule has 16 heteroatoms. The number of carbonyl (C=O) groups is 4. The van der Waals surface area contributed by atoms with Gasteiger partial charge in [0.05, 0.1) is 43.9 Å². The minimum Gasteiger partial charge on any atom is -0.453 e. The van der Waals surface area contributed by atoms with E-state index in [0.29, 0.717) is 16.9 Å². The molecule has 14 nitrogen and oxygen atoms in total. The number of amides is 4. The summed E-state index contributed by atoms with van der Waals surface area (Å²) in [6, 6.07) is 5.35. The van der Waals surface area contributed by atoms with Crippen molar-refractivity contribution >= 4 is 50.4 Å². The quantitative estimate of drug-likeness (QED) is 0.356. The smallest absolute Gasteiger partial charge is 0.413 e. The molecule has 2 heterocycles. The van der Waals surface area contributed by atoms with Crippen molar-refractivity contribution < 1.29 is 46.5 Å². The lowest BCUT2D eigenvalue weighted by Gasteiger charge is -2.26. The Bertz CT molecular complexity index is 1380. The van der Waals surface area contributed by atoms with E-state index >= 15 is 0 Å². The fourth-order valence-corrected chi connectivity index (χ4v) is 6.81. The lowest BCUT2D eigenvalue weighted by atomic mass is 10.0. The molecule has 0 spiro atoms. The standard InChI is InChI=1S/C26H34N4O10S2/c1-5-40-26(34)29-11-10-19-20(16-29)41-24(21(19)23(32)28-25(33)39-4)27-22(31)17-6-8-18(9-7-17)42(35,36)30(12-14-37-2)13-15-38-3/h6-9H,5,10-16H2,1-4H3,(H,27,31)(H,28,32,33). The van der Waals surface area contributed by atoms with Gasteiger partial charge in [0.2, 0.25) is 10.0 Å². The van der Waals surface area contributed by atoms with E-state index in [1.807, 2.05) is 0 Å². The van der Waals surface area contributed by atoms with Crippen LogP contribution in [0.15, 0.2) is 29.2 Å². The van der Waals surface area contributed by atoms with Gasteiger partial charge in [0.25, 0.3) is 11.8 Å². The maximum absolute atomic E-state index is 13.2. The summed E-state index contributed by atoms with van der Waals surface area (Å²) in [5.41, 5.74) is 0.808. The molecule has 0 saturated heterocycles. The summed E-state index contributed by atoms with van der Waals surface area (Å²) < 4.78 is 47.2. The molecular weight excluding hydrogens is 592 g/mol. The predicted octanol–water partition coefficient (Wildman–Crippen LogP) is 2.29. The number of benzene rings is 1. The van der Waals surface area contributed by atoms with Gasteiger partial charge in [-0.1, -0.05) is 0 Å². The number of hydrogen-bond acceptors (Lipinski definition) is 11. The molecule has 1 aliphatic heterocycles. The van der Waals surface area contributed by atoms with Gasteiger partial charge in [0.1, 0.15) is 5.00 Å². The van der Waals surface area contributed by atoms with Gasteiger partial charge in [-0.2, -0.15) is 4.31 Å². The third-order valence-electron chi connectivity index (χ3n) is 6.28. The van der Waals surface area contributed by atoms with Crippen LogP contribution in [0.1, 0.15) is 38.1 Å². The fourth-order valence-electron chi connectivity index (χ4n) is 4.15. The average Bonchev–Trinajstić information content (AvgIpc) is 3.34. The van der Waals surface area contributed by atoms with Crippen molar-refractivity contribution in [3.8, 4) is 0 Å². The first-order valence-corrected chi connectivity index (χ1v) is 15.2. The van der Waals surface area contributed by atoms with Crippen molar-refractivity contribution in [2.24, 2.45) is 0 Å². The molecule has 0 bridgehead atoms. The molecule has 1 aromatic carbocycles. The van der Waals surface area contributed by atoms with Crippen molar-refractivity contribution in [2.45, 2.75) is 24.8 Å². The summed E-state index contributed by atoms with van der Waals surface area (Å²) in [5, 5.41) is 4.98. The van der Waals surface area contributed by atoms with Gasteiger partial charge in [0.15, 0.2) is 0 Å². The third kappa shape index (κ3) is 7.83.